The highest BCUT2D eigenvalue weighted by molar-refractivity contribution is 7.25. The largest absolute Gasteiger partial charge is 0.456 e. The first-order valence-electron chi connectivity index (χ1n) is 17.9. The number of thiophene rings is 1. The molecule has 250 valence electrons. The third-order valence-electron chi connectivity index (χ3n) is 10.9. The Labute approximate surface area is 310 Å². The smallest absolute Gasteiger partial charge is 0.164 e. The summed E-state index contributed by atoms with van der Waals surface area (Å²) < 4.78 is 8.84. The molecule has 0 aliphatic heterocycles. The van der Waals surface area contributed by atoms with Crippen LogP contribution in [0.15, 0.2) is 156 Å². The van der Waals surface area contributed by atoms with Gasteiger partial charge in [0.15, 0.2) is 17.5 Å². The van der Waals surface area contributed by atoms with Gasteiger partial charge in [-0.3, -0.25) is 0 Å². The first kappa shape index (κ1) is 30.2. The molecular formula is C48H31N3OS. The maximum absolute atomic E-state index is 6.31. The highest BCUT2D eigenvalue weighted by atomic mass is 32.1. The van der Waals surface area contributed by atoms with Crippen LogP contribution in [0.2, 0.25) is 0 Å². The number of furan rings is 1. The van der Waals surface area contributed by atoms with E-state index < -0.39 is 0 Å². The molecule has 5 heteroatoms. The van der Waals surface area contributed by atoms with Gasteiger partial charge in [0.25, 0.3) is 0 Å². The lowest BCUT2D eigenvalue weighted by atomic mass is 9.82. The molecule has 0 saturated carbocycles. The van der Waals surface area contributed by atoms with E-state index in [0.29, 0.717) is 17.5 Å². The second-order valence-corrected chi connectivity index (χ2v) is 15.5. The Balaban J connectivity index is 1.04. The van der Waals surface area contributed by atoms with E-state index in [1.807, 2.05) is 41.7 Å². The van der Waals surface area contributed by atoms with Crippen molar-refractivity contribution < 1.29 is 4.42 Å². The number of hydrogen-bond donors (Lipinski definition) is 0. The molecule has 4 nitrogen and oxygen atoms in total. The Morgan fingerprint density at radius 1 is 0.415 bits per heavy atom. The summed E-state index contributed by atoms with van der Waals surface area (Å²) >= 11 is 1.81. The molecule has 1 aliphatic carbocycles. The minimum Gasteiger partial charge on any atom is -0.456 e. The van der Waals surface area contributed by atoms with Crippen LogP contribution in [-0.2, 0) is 5.41 Å². The maximum Gasteiger partial charge on any atom is 0.164 e. The third kappa shape index (κ3) is 4.71. The predicted octanol–water partition coefficient (Wildman–Crippen LogP) is 13.1. The normalized spacial score (nSPS) is 13.2. The summed E-state index contributed by atoms with van der Waals surface area (Å²) in [7, 11) is 0. The SMILES string of the molecule is CC1(C)c2ccc(-c3cccc(-c4nc(-c5ccccc5)nc(-c5ccc6sc7ccccc7c6c5)n4)c3)cc2-c2cc3c(cc21)oc1ccccc13. The van der Waals surface area contributed by atoms with Crippen molar-refractivity contribution in [3.8, 4) is 56.4 Å². The molecule has 3 heterocycles. The highest BCUT2D eigenvalue weighted by Gasteiger charge is 2.36. The Hall–Kier alpha value is -6.43. The van der Waals surface area contributed by atoms with Crippen molar-refractivity contribution in [2.75, 3.05) is 0 Å². The molecule has 10 aromatic rings. The van der Waals surface area contributed by atoms with E-state index in [4.69, 9.17) is 19.4 Å². The molecule has 0 saturated heterocycles. The summed E-state index contributed by atoms with van der Waals surface area (Å²) in [5, 5.41) is 4.77. The van der Waals surface area contributed by atoms with Crippen molar-refractivity contribution in [2.24, 2.45) is 0 Å². The summed E-state index contributed by atoms with van der Waals surface area (Å²) in [6.07, 6.45) is 0. The Bertz CT molecular complexity index is 3100. The second kappa shape index (κ2) is 11.3. The number of para-hydroxylation sites is 1. The summed E-state index contributed by atoms with van der Waals surface area (Å²) in [5.74, 6) is 1.96. The standard InChI is InChI=1S/C48H31N3OS/c1-48(2)39-21-19-30(24-35(39)36-26-37-33-15-6-8-17-41(33)52-42(37)27-40(36)48)29-13-10-14-31(23-29)46-49-45(28-11-4-3-5-12-28)50-47(51-46)32-20-22-44-38(25-32)34-16-7-9-18-43(34)53-44/h3-27H,1-2H3. The predicted molar refractivity (Wildman–Crippen MR) is 219 cm³/mol. The molecule has 7 aromatic carbocycles. The first-order chi connectivity index (χ1) is 26.0. The van der Waals surface area contributed by atoms with Gasteiger partial charge in [-0.25, -0.2) is 15.0 Å². The van der Waals surface area contributed by atoms with Gasteiger partial charge in [0.05, 0.1) is 0 Å². The molecule has 0 N–H and O–H groups in total. The quantitative estimate of drug-likeness (QED) is 0.184. The van der Waals surface area contributed by atoms with Crippen LogP contribution in [-0.4, -0.2) is 15.0 Å². The average Bonchev–Trinajstić information content (AvgIpc) is 3.84. The highest BCUT2D eigenvalue weighted by Crippen LogP contribution is 2.51. The summed E-state index contributed by atoms with van der Waals surface area (Å²) in [5.41, 5.74) is 12.0. The van der Waals surface area contributed by atoms with Crippen LogP contribution in [0.3, 0.4) is 0 Å². The topological polar surface area (TPSA) is 51.8 Å². The molecule has 3 aromatic heterocycles. The molecule has 0 atom stereocenters. The van der Waals surface area contributed by atoms with E-state index in [-0.39, 0.29) is 5.41 Å². The van der Waals surface area contributed by atoms with Crippen molar-refractivity contribution in [3.05, 3.63) is 163 Å². The van der Waals surface area contributed by atoms with Crippen LogP contribution >= 0.6 is 11.3 Å². The molecule has 0 amide bonds. The van der Waals surface area contributed by atoms with Crippen molar-refractivity contribution in [1.82, 2.24) is 15.0 Å². The average molecular weight is 698 g/mol. The number of fused-ring (bicyclic) bond motifs is 9. The number of hydrogen-bond acceptors (Lipinski definition) is 5. The van der Waals surface area contributed by atoms with E-state index in [9.17, 15) is 0 Å². The lowest BCUT2D eigenvalue weighted by Crippen LogP contribution is -2.14. The number of aromatic nitrogens is 3. The van der Waals surface area contributed by atoms with Gasteiger partial charge in [-0.05, 0) is 88.0 Å². The van der Waals surface area contributed by atoms with E-state index >= 15 is 0 Å². The molecule has 0 bridgehead atoms. The Morgan fingerprint density at radius 2 is 1.04 bits per heavy atom. The molecule has 0 spiro atoms. The van der Waals surface area contributed by atoms with Gasteiger partial charge < -0.3 is 4.42 Å². The van der Waals surface area contributed by atoms with Crippen LogP contribution in [0.5, 0.6) is 0 Å². The Kier molecular flexibility index (Phi) is 6.43. The number of benzene rings is 7. The second-order valence-electron chi connectivity index (χ2n) is 14.4. The van der Waals surface area contributed by atoms with Gasteiger partial charge in [0.2, 0.25) is 0 Å². The molecule has 1 aliphatic rings. The van der Waals surface area contributed by atoms with E-state index in [2.05, 4.69) is 135 Å². The minimum atomic E-state index is -0.147. The van der Waals surface area contributed by atoms with E-state index in [0.717, 1.165) is 49.8 Å². The minimum absolute atomic E-state index is 0.147. The summed E-state index contributed by atoms with van der Waals surface area (Å²) in [4.78, 5) is 15.2. The zero-order valence-corrected chi connectivity index (χ0v) is 29.9. The number of nitrogens with zero attached hydrogens (tertiary/aromatic N) is 3. The lowest BCUT2D eigenvalue weighted by Gasteiger charge is -2.21. The zero-order chi connectivity index (χ0) is 35.3. The van der Waals surface area contributed by atoms with E-state index in [1.54, 1.807) is 0 Å². The van der Waals surface area contributed by atoms with Crippen molar-refractivity contribution in [2.45, 2.75) is 19.3 Å². The van der Waals surface area contributed by atoms with Crippen molar-refractivity contribution >= 4 is 53.4 Å². The van der Waals surface area contributed by atoms with Crippen LogP contribution in [0.25, 0.3) is 98.5 Å². The van der Waals surface area contributed by atoms with Gasteiger partial charge in [-0.1, -0.05) is 111 Å². The molecule has 0 fully saturated rings. The van der Waals surface area contributed by atoms with Crippen LogP contribution in [0.1, 0.15) is 25.0 Å². The Morgan fingerprint density at radius 3 is 1.89 bits per heavy atom. The summed E-state index contributed by atoms with van der Waals surface area (Å²) in [6.45, 7) is 4.63. The number of rotatable bonds is 4. The lowest BCUT2D eigenvalue weighted by molar-refractivity contribution is 0.647. The van der Waals surface area contributed by atoms with Gasteiger partial charge in [0, 0.05) is 53.1 Å². The zero-order valence-electron chi connectivity index (χ0n) is 29.1. The van der Waals surface area contributed by atoms with Crippen molar-refractivity contribution in [3.63, 3.8) is 0 Å². The van der Waals surface area contributed by atoms with Gasteiger partial charge in [-0.15, -0.1) is 11.3 Å². The van der Waals surface area contributed by atoms with Crippen molar-refractivity contribution in [1.29, 1.82) is 0 Å². The van der Waals surface area contributed by atoms with Crippen LogP contribution < -0.4 is 0 Å². The fourth-order valence-electron chi connectivity index (χ4n) is 8.20. The van der Waals surface area contributed by atoms with Crippen LogP contribution in [0, 0.1) is 0 Å². The molecule has 0 unspecified atom stereocenters. The van der Waals surface area contributed by atoms with Gasteiger partial charge in [0.1, 0.15) is 11.2 Å². The monoisotopic (exact) mass is 697 g/mol. The summed E-state index contributed by atoms with van der Waals surface area (Å²) in [6, 6.07) is 53.7. The molecule has 11 rings (SSSR count). The molecule has 0 radical (unpaired) electrons. The molecular weight excluding hydrogens is 667 g/mol. The van der Waals surface area contributed by atoms with E-state index in [1.165, 1.54) is 42.4 Å². The van der Waals surface area contributed by atoms with Gasteiger partial charge in [-0.2, -0.15) is 0 Å². The fourth-order valence-corrected chi connectivity index (χ4v) is 9.29. The third-order valence-corrected chi connectivity index (χ3v) is 12.1. The molecule has 53 heavy (non-hydrogen) atoms. The first-order valence-corrected chi connectivity index (χ1v) is 18.7. The van der Waals surface area contributed by atoms with Crippen LogP contribution in [0.4, 0.5) is 0 Å². The van der Waals surface area contributed by atoms with Gasteiger partial charge >= 0.3 is 0 Å². The fraction of sp³-hybridized carbons (Fsp3) is 0.0625. The maximum atomic E-state index is 6.31.